The fourth-order valence-corrected chi connectivity index (χ4v) is 4.03. The van der Waals surface area contributed by atoms with Crippen LogP contribution in [0.3, 0.4) is 0 Å². The monoisotopic (exact) mass is 339 g/mol. The van der Waals surface area contributed by atoms with Gasteiger partial charge in [0.15, 0.2) is 0 Å². The van der Waals surface area contributed by atoms with E-state index < -0.39 is 0 Å². The molecule has 1 heterocycles. The van der Waals surface area contributed by atoms with E-state index in [1.807, 2.05) is 24.3 Å². The van der Waals surface area contributed by atoms with Gasteiger partial charge in [0.2, 0.25) is 0 Å². The molecule has 0 bridgehead atoms. The van der Waals surface area contributed by atoms with Crippen LogP contribution in [0, 0.1) is 5.92 Å². The van der Waals surface area contributed by atoms with E-state index in [1.165, 1.54) is 18.2 Å². The first-order valence-corrected chi connectivity index (χ1v) is 8.46. The van der Waals surface area contributed by atoms with Crippen molar-refractivity contribution >= 4 is 23.3 Å². The summed E-state index contributed by atoms with van der Waals surface area (Å²) in [6, 6.07) is 13.9. The molecule has 4 rings (SSSR count). The van der Waals surface area contributed by atoms with Gasteiger partial charge in [-0.2, -0.15) is 0 Å². The Balaban J connectivity index is 1.82. The lowest BCUT2D eigenvalue weighted by Crippen LogP contribution is -2.30. The van der Waals surface area contributed by atoms with Crippen molar-refractivity contribution in [3.8, 4) is 0 Å². The summed E-state index contributed by atoms with van der Waals surface area (Å²) in [5.74, 6) is 0.438. The molecular formula is C20H18ClNO2. The average Bonchev–Trinajstić information content (AvgIpc) is 3.10. The molecule has 0 saturated carbocycles. The maximum Gasteiger partial charge on any atom is 0.339 e. The molecule has 122 valence electrons. The molecule has 1 aliphatic heterocycles. The van der Waals surface area contributed by atoms with Gasteiger partial charge in [-0.05, 0) is 41.7 Å². The molecule has 0 radical (unpaired) electrons. The fourth-order valence-electron chi connectivity index (χ4n) is 3.90. The Morgan fingerprint density at radius 1 is 1.21 bits per heavy atom. The highest BCUT2D eigenvalue weighted by molar-refractivity contribution is 6.30. The molecular weight excluding hydrogens is 322 g/mol. The molecule has 3 atom stereocenters. The van der Waals surface area contributed by atoms with E-state index >= 15 is 0 Å². The van der Waals surface area contributed by atoms with Crippen LogP contribution in [0.2, 0.25) is 5.02 Å². The van der Waals surface area contributed by atoms with Gasteiger partial charge >= 0.3 is 5.97 Å². The number of ether oxygens (including phenoxy) is 1. The number of carbonyl (C=O) groups excluding carboxylic acids is 1. The van der Waals surface area contributed by atoms with Gasteiger partial charge in [-0.3, -0.25) is 0 Å². The fraction of sp³-hybridized carbons (Fsp3) is 0.250. The molecule has 3 nitrogen and oxygen atoms in total. The van der Waals surface area contributed by atoms with E-state index in [9.17, 15) is 4.79 Å². The smallest absolute Gasteiger partial charge is 0.339 e. The third kappa shape index (κ3) is 2.40. The molecule has 24 heavy (non-hydrogen) atoms. The summed E-state index contributed by atoms with van der Waals surface area (Å²) in [5.41, 5.74) is 3.83. The molecule has 1 N–H and O–H groups in total. The highest BCUT2D eigenvalue weighted by atomic mass is 35.5. The van der Waals surface area contributed by atoms with Crippen molar-refractivity contribution in [3.05, 3.63) is 76.3 Å². The zero-order chi connectivity index (χ0) is 16.7. The topological polar surface area (TPSA) is 38.3 Å². The van der Waals surface area contributed by atoms with E-state index in [2.05, 4.69) is 35.7 Å². The number of para-hydroxylation sites is 1. The van der Waals surface area contributed by atoms with Crippen LogP contribution in [0.1, 0.15) is 39.9 Å². The van der Waals surface area contributed by atoms with Crippen LogP contribution in [0.4, 0.5) is 5.69 Å². The molecule has 2 aromatic rings. The maximum absolute atomic E-state index is 12.2. The number of esters is 1. The summed E-state index contributed by atoms with van der Waals surface area (Å²) in [7, 11) is 1.42. The van der Waals surface area contributed by atoms with Gasteiger partial charge in [0, 0.05) is 10.9 Å². The number of benzene rings is 2. The number of carbonyl (C=O) groups is 1. The summed E-state index contributed by atoms with van der Waals surface area (Å²) < 4.78 is 4.96. The minimum Gasteiger partial charge on any atom is -0.465 e. The lowest BCUT2D eigenvalue weighted by atomic mass is 9.76. The number of methoxy groups -OCH3 is 1. The minimum absolute atomic E-state index is 0.139. The van der Waals surface area contributed by atoms with Crippen LogP contribution in [0.5, 0.6) is 0 Å². The standard InChI is InChI=1S/C20H18ClNO2/c1-24-20(23)17-7-3-6-16-14-4-2-5-15(14)18(22-19(16)17)12-8-10-13(21)11-9-12/h2-4,6-11,14-15,18,22H,5H2,1H3/t14-,15+,18-/m0/s1. The maximum atomic E-state index is 12.2. The lowest BCUT2D eigenvalue weighted by Gasteiger charge is -2.38. The second-order valence-electron chi connectivity index (χ2n) is 6.29. The van der Waals surface area contributed by atoms with Gasteiger partial charge in [0.05, 0.1) is 24.4 Å². The van der Waals surface area contributed by atoms with Gasteiger partial charge in [-0.1, -0.05) is 48.0 Å². The van der Waals surface area contributed by atoms with E-state index in [1.54, 1.807) is 0 Å². The first-order chi connectivity index (χ1) is 11.7. The number of allylic oxidation sites excluding steroid dienone is 2. The van der Waals surface area contributed by atoms with Crippen molar-refractivity contribution < 1.29 is 9.53 Å². The highest BCUT2D eigenvalue weighted by Gasteiger charge is 2.39. The first-order valence-electron chi connectivity index (χ1n) is 8.09. The number of halogens is 1. The molecule has 2 aliphatic rings. The Morgan fingerprint density at radius 3 is 2.75 bits per heavy atom. The number of fused-ring (bicyclic) bond motifs is 3. The van der Waals surface area contributed by atoms with E-state index in [-0.39, 0.29) is 12.0 Å². The van der Waals surface area contributed by atoms with Gasteiger partial charge < -0.3 is 10.1 Å². The predicted molar refractivity (Wildman–Crippen MR) is 95.6 cm³/mol. The second kappa shape index (κ2) is 5.99. The van der Waals surface area contributed by atoms with Crippen molar-refractivity contribution in [3.63, 3.8) is 0 Å². The zero-order valence-electron chi connectivity index (χ0n) is 13.3. The van der Waals surface area contributed by atoms with Crippen LogP contribution in [0.15, 0.2) is 54.6 Å². The Kier molecular flexibility index (Phi) is 3.81. The van der Waals surface area contributed by atoms with Crippen LogP contribution in [-0.4, -0.2) is 13.1 Å². The molecule has 0 amide bonds. The average molecular weight is 340 g/mol. The van der Waals surface area contributed by atoms with Crippen molar-refractivity contribution in [2.24, 2.45) is 5.92 Å². The SMILES string of the molecule is COC(=O)c1cccc2c1N[C@@H](c1ccc(Cl)cc1)[C@@H]1CC=C[C@H]21. The molecule has 1 aliphatic carbocycles. The molecule has 0 fully saturated rings. The van der Waals surface area contributed by atoms with E-state index in [0.29, 0.717) is 17.4 Å². The van der Waals surface area contributed by atoms with E-state index in [0.717, 1.165) is 17.1 Å². The molecule has 0 saturated heterocycles. The molecule has 0 spiro atoms. The summed E-state index contributed by atoms with van der Waals surface area (Å²) in [5, 5.41) is 4.33. The molecule has 4 heteroatoms. The van der Waals surface area contributed by atoms with Crippen LogP contribution in [0.25, 0.3) is 0 Å². The van der Waals surface area contributed by atoms with Gasteiger partial charge in [-0.25, -0.2) is 4.79 Å². The van der Waals surface area contributed by atoms with Crippen LogP contribution < -0.4 is 5.32 Å². The molecule has 2 aromatic carbocycles. The third-order valence-corrected chi connectivity index (χ3v) is 5.28. The van der Waals surface area contributed by atoms with Crippen LogP contribution in [-0.2, 0) is 4.74 Å². The summed E-state index contributed by atoms with van der Waals surface area (Å²) >= 11 is 6.03. The largest absolute Gasteiger partial charge is 0.465 e. The van der Waals surface area contributed by atoms with Gasteiger partial charge in [0.1, 0.15) is 0 Å². The quantitative estimate of drug-likeness (QED) is 0.621. The van der Waals surface area contributed by atoms with Crippen molar-refractivity contribution in [1.29, 1.82) is 0 Å². The predicted octanol–water partition coefficient (Wildman–Crippen LogP) is 4.95. The van der Waals surface area contributed by atoms with Crippen LogP contribution >= 0.6 is 11.6 Å². The van der Waals surface area contributed by atoms with Crippen molar-refractivity contribution in [2.75, 3.05) is 12.4 Å². The van der Waals surface area contributed by atoms with Crippen molar-refractivity contribution in [2.45, 2.75) is 18.4 Å². The Morgan fingerprint density at radius 2 is 2.00 bits per heavy atom. The number of nitrogens with one attached hydrogen (secondary N) is 1. The zero-order valence-corrected chi connectivity index (χ0v) is 14.1. The van der Waals surface area contributed by atoms with Crippen molar-refractivity contribution in [1.82, 2.24) is 0 Å². The van der Waals surface area contributed by atoms with Gasteiger partial charge in [0.25, 0.3) is 0 Å². The summed E-state index contributed by atoms with van der Waals surface area (Å²) in [6.45, 7) is 0. The Labute approximate surface area is 146 Å². The van der Waals surface area contributed by atoms with Gasteiger partial charge in [-0.15, -0.1) is 0 Å². The number of rotatable bonds is 2. The Hall–Kier alpha value is -2.26. The summed E-state index contributed by atoms with van der Waals surface area (Å²) in [6.07, 6.45) is 5.51. The van der Waals surface area contributed by atoms with E-state index in [4.69, 9.17) is 16.3 Å². The third-order valence-electron chi connectivity index (χ3n) is 5.03. The minimum atomic E-state index is -0.311. The molecule has 0 unspecified atom stereocenters. The number of hydrogen-bond donors (Lipinski definition) is 1. The second-order valence-corrected chi connectivity index (χ2v) is 6.72. The summed E-state index contributed by atoms with van der Waals surface area (Å²) in [4.78, 5) is 12.2. The highest BCUT2D eigenvalue weighted by Crippen LogP contribution is 2.50. The normalized spacial score (nSPS) is 24.0. The first kappa shape index (κ1) is 15.3. The lowest BCUT2D eigenvalue weighted by molar-refractivity contribution is 0.0601. The number of anilines is 1. The number of hydrogen-bond acceptors (Lipinski definition) is 3. The Bertz CT molecular complexity index is 813. The molecule has 0 aromatic heterocycles.